The molecule has 1 aliphatic heterocycles. The van der Waals surface area contributed by atoms with E-state index < -0.39 is 0 Å². The molecule has 1 unspecified atom stereocenters. The minimum absolute atomic E-state index is 0.245. The summed E-state index contributed by atoms with van der Waals surface area (Å²) in [7, 11) is 4.64. The second-order valence-corrected chi connectivity index (χ2v) is 6.39. The summed E-state index contributed by atoms with van der Waals surface area (Å²) in [4.78, 5) is 11.9. The summed E-state index contributed by atoms with van der Waals surface area (Å²) in [5.74, 6) is 2.22. The minimum atomic E-state index is -0.334. The third-order valence-corrected chi connectivity index (χ3v) is 4.08. The van der Waals surface area contributed by atoms with Gasteiger partial charge >= 0.3 is 5.97 Å². The first kappa shape index (κ1) is 19.1. The fraction of sp³-hybridized carbons (Fsp3) is 0.526. The van der Waals surface area contributed by atoms with Crippen molar-refractivity contribution in [1.29, 1.82) is 0 Å². The molecular formula is C19H27NO5. The SMILES string of the molecule is COC(=O)C(CC(C)C)NCC1=Cc2c(OC)ccc(OC)c2OC1. The van der Waals surface area contributed by atoms with Crippen LogP contribution in [0.3, 0.4) is 0 Å². The van der Waals surface area contributed by atoms with Gasteiger partial charge in [-0.3, -0.25) is 4.79 Å². The molecule has 1 heterocycles. The summed E-state index contributed by atoms with van der Waals surface area (Å²) in [5.41, 5.74) is 1.88. The summed E-state index contributed by atoms with van der Waals surface area (Å²) in [6, 6.07) is 3.34. The number of benzene rings is 1. The molecule has 1 atom stereocenters. The summed E-state index contributed by atoms with van der Waals surface area (Å²) < 4.78 is 21.5. The molecule has 0 saturated carbocycles. The van der Waals surface area contributed by atoms with Gasteiger partial charge in [-0.05, 0) is 36.1 Å². The van der Waals surface area contributed by atoms with Crippen LogP contribution in [-0.2, 0) is 9.53 Å². The van der Waals surface area contributed by atoms with E-state index in [0.717, 1.165) is 16.9 Å². The van der Waals surface area contributed by atoms with Gasteiger partial charge in [-0.1, -0.05) is 13.8 Å². The van der Waals surface area contributed by atoms with Crippen LogP contribution in [0.4, 0.5) is 0 Å². The van der Waals surface area contributed by atoms with Crippen molar-refractivity contribution in [2.75, 3.05) is 34.5 Å². The molecule has 1 aromatic carbocycles. The Morgan fingerprint density at radius 3 is 2.48 bits per heavy atom. The number of fused-ring (bicyclic) bond motifs is 1. The molecule has 0 bridgehead atoms. The molecule has 1 aromatic rings. The fourth-order valence-corrected chi connectivity index (χ4v) is 2.83. The second kappa shape index (κ2) is 8.76. The summed E-state index contributed by atoms with van der Waals surface area (Å²) >= 11 is 0. The molecule has 1 aliphatic rings. The highest BCUT2D eigenvalue weighted by atomic mass is 16.5. The maximum Gasteiger partial charge on any atom is 0.322 e. The normalized spacial score (nSPS) is 14.2. The average molecular weight is 349 g/mol. The average Bonchev–Trinajstić information content (AvgIpc) is 2.62. The van der Waals surface area contributed by atoms with Crippen LogP contribution in [0.5, 0.6) is 17.2 Å². The molecule has 2 rings (SSSR count). The van der Waals surface area contributed by atoms with E-state index in [4.69, 9.17) is 18.9 Å². The number of hydrogen-bond acceptors (Lipinski definition) is 6. The van der Waals surface area contributed by atoms with E-state index in [1.165, 1.54) is 7.11 Å². The van der Waals surface area contributed by atoms with Gasteiger partial charge in [0.15, 0.2) is 11.5 Å². The summed E-state index contributed by atoms with van der Waals surface area (Å²) in [5, 5.41) is 3.27. The zero-order valence-electron chi connectivity index (χ0n) is 15.5. The molecular weight excluding hydrogens is 322 g/mol. The standard InChI is InChI=1S/C19H27NO5/c1-12(2)8-15(19(21)24-5)20-10-13-9-14-16(22-3)6-7-17(23-4)18(14)25-11-13/h6-7,9,12,15,20H,8,10-11H2,1-5H3. The number of rotatable bonds is 8. The highest BCUT2D eigenvalue weighted by molar-refractivity contribution is 5.76. The number of esters is 1. The van der Waals surface area contributed by atoms with Crippen LogP contribution in [0.1, 0.15) is 25.8 Å². The van der Waals surface area contributed by atoms with Crippen LogP contribution in [0, 0.1) is 5.92 Å². The number of nitrogens with one attached hydrogen (secondary N) is 1. The lowest BCUT2D eigenvalue weighted by Gasteiger charge is -2.24. The number of hydrogen-bond donors (Lipinski definition) is 1. The van der Waals surface area contributed by atoms with Crippen LogP contribution in [0.15, 0.2) is 17.7 Å². The van der Waals surface area contributed by atoms with Gasteiger partial charge in [0.05, 0.1) is 26.9 Å². The largest absolute Gasteiger partial charge is 0.496 e. The number of ether oxygens (including phenoxy) is 4. The van der Waals surface area contributed by atoms with Gasteiger partial charge < -0.3 is 24.3 Å². The Hall–Kier alpha value is -2.21. The van der Waals surface area contributed by atoms with Crippen molar-refractivity contribution in [2.45, 2.75) is 26.3 Å². The van der Waals surface area contributed by atoms with Gasteiger partial charge in [-0.2, -0.15) is 0 Å². The van der Waals surface area contributed by atoms with E-state index in [2.05, 4.69) is 19.2 Å². The Balaban J connectivity index is 2.16. The maximum absolute atomic E-state index is 11.9. The van der Waals surface area contributed by atoms with E-state index >= 15 is 0 Å². The van der Waals surface area contributed by atoms with Crippen LogP contribution < -0.4 is 19.5 Å². The molecule has 0 aromatic heterocycles. The fourth-order valence-electron chi connectivity index (χ4n) is 2.83. The highest BCUT2D eigenvalue weighted by Crippen LogP contribution is 2.41. The third-order valence-electron chi connectivity index (χ3n) is 4.08. The molecule has 0 amide bonds. The van der Waals surface area contributed by atoms with Gasteiger partial charge in [-0.15, -0.1) is 0 Å². The first-order chi connectivity index (χ1) is 12.0. The molecule has 6 heteroatoms. The van der Waals surface area contributed by atoms with Crippen molar-refractivity contribution < 1.29 is 23.7 Å². The topological polar surface area (TPSA) is 66.0 Å². The first-order valence-electron chi connectivity index (χ1n) is 8.38. The lowest BCUT2D eigenvalue weighted by atomic mass is 10.0. The van der Waals surface area contributed by atoms with Crippen LogP contribution >= 0.6 is 0 Å². The number of carbonyl (C=O) groups excluding carboxylic acids is 1. The predicted molar refractivity (Wildman–Crippen MR) is 96.3 cm³/mol. The van der Waals surface area contributed by atoms with Crippen molar-refractivity contribution in [3.8, 4) is 17.2 Å². The van der Waals surface area contributed by atoms with Crippen LogP contribution in [0.2, 0.25) is 0 Å². The van der Waals surface area contributed by atoms with E-state index in [9.17, 15) is 4.79 Å². The van der Waals surface area contributed by atoms with Crippen molar-refractivity contribution in [2.24, 2.45) is 5.92 Å². The van der Waals surface area contributed by atoms with Gasteiger partial charge in [-0.25, -0.2) is 0 Å². The van der Waals surface area contributed by atoms with Crippen molar-refractivity contribution in [3.63, 3.8) is 0 Å². The highest BCUT2D eigenvalue weighted by Gasteiger charge is 2.23. The van der Waals surface area contributed by atoms with E-state index in [1.807, 2.05) is 18.2 Å². The molecule has 1 N–H and O–H groups in total. The van der Waals surface area contributed by atoms with E-state index in [0.29, 0.717) is 37.0 Å². The van der Waals surface area contributed by atoms with Crippen molar-refractivity contribution >= 4 is 12.0 Å². The maximum atomic E-state index is 11.9. The molecule has 0 aliphatic carbocycles. The molecule has 0 fully saturated rings. The Morgan fingerprint density at radius 1 is 1.20 bits per heavy atom. The second-order valence-electron chi connectivity index (χ2n) is 6.39. The van der Waals surface area contributed by atoms with Gasteiger partial charge in [0.1, 0.15) is 18.4 Å². The van der Waals surface area contributed by atoms with Crippen LogP contribution in [-0.4, -0.2) is 46.5 Å². The Kier molecular flexibility index (Phi) is 6.70. The molecule has 138 valence electrons. The van der Waals surface area contributed by atoms with E-state index in [-0.39, 0.29) is 12.0 Å². The number of methoxy groups -OCH3 is 3. The van der Waals surface area contributed by atoms with Crippen LogP contribution in [0.25, 0.3) is 6.08 Å². The minimum Gasteiger partial charge on any atom is -0.496 e. The predicted octanol–water partition coefficient (Wildman–Crippen LogP) is 2.66. The van der Waals surface area contributed by atoms with Gasteiger partial charge in [0.25, 0.3) is 0 Å². The molecule has 0 spiro atoms. The Bertz CT molecular complexity index is 639. The monoisotopic (exact) mass is 349 g/mol. The molecule has 0 radical (unpaired) electrons. The smallest absolute Gasteiger partial charge is 0.322 e. The van der Waals surface area contributed by atoms with Crippen molar-refractivity contribution in [3.05, 3.63) is 23.3 Å². The van der Waals surface area contributed by atoms with Crippen molar-refractivity contribution in [1.82, 2.24) is 5.32 Å². The summed E-state index contributed by atoms with van der Waals surface area (Å²) in [6.45, 7) is 5.12. The van der Waals surface area contributed by atoms with E-state index in [1.54, 1.807) is 14.2 Å². The molecule has 6 nitrogen and oxygen atoms in total. The number of carbonyl (C=O) groups is 1. The van der Waals surface area contributed by atoms with Gasteiger partial charge in [0.2, 0.25) is 0 Å². The quantitative estimate of drug-likeness (QED) is 0.728. The summed E-state index contributed by atoms with van der Waals surface area (Å²) in [6.07, 6.45) is 2.74. The zero-order valence-corrected chi connectivity index (χ0v) is 15.5. The first-order valence-corrected chi connectivity index (χ1v) is 8.38. The third kappa shape index (κ3) is 4.66. The zero-order chi connectivity index (χ0) is 18.4. The lowest BCUT2D eigenvalue weighted by molar-refractivity contribution is -0.143. The lowest BCUT2D eigenvalue weighted by Crippen LogP contribution is -2.40. The van der Waals surface area contributed by atoms with Gasteiger partial charge in [0, 0.05) is 6.54 Å². The molecule has 25 heavy (non-hydrogen) atoms. The Labute approximate surface area is 149 Å². The molecule has 0 saturated heterocycles. The Morgan fingerprint density at radius 2 is 1.88 bits per heavy atom.